The maximum absolute atomic E-state index is 11.9. The third-order valence-corrected chi connectivity index (χ3v) is 2.79. The largest absolute Gasteiger partial charge is 0.478 e. The number of aromatic nitrogens is 3. The second kappa shape index (κ2) is 6.70. The number of amides is 1. The normalized spacial score (nSPS) is 10.3. The minimum absolute atomic E-state index is 0.198. The molecule has 0 aliphatic rings. The summed E-state index contributed by atoms with van der Waals surface area (Å²) in [7, 11) is 0. The SMILES string of the molecule is CCOc1cc(CNC(=O)c2cc(CC)[nH]n2)ccn1. The number of nitrogens with zero attached hydrogens (tertiary/aromatic N) is 2. The second-order valence-corrected chi connectivity index (χ2v) is 4.25. The van der Waals surface area contributed by atoms with Crippen LogP contribution in [0.1, 0.15) is 35.6 Å². The van der Waals surface area contributed by atoms with Crippen LogP contribution in [0.25, 0.3) is 0 Å². The molecule has 0 saturated carbocycles. The average Bonchev–Trinajstić information content (AvgIpc) is 2.94. The number of nitrogens with one attached hydrogen (secondary N) is 2. The minimum Gasteiger partial charge on any atom is -0.478 e. The Kier molecular flexibility index (Phi) is 4.70. The van der Waals surface area contributed by atoms with Gasteiger partial charge in [0.15, 0.2) is 0 Å². The van der Waals surface area contributed by atoms with Crippen molar-refractivity contribution in [3.8, 4) is 5.88 Å². The summed E-state index contributed by atoms with van der Waals surface area (Å²) in [5.74, 6) is 0.364. The predicted molar refractivity (Wildman–Crippen MR) is 74.5 cm³/mol. The number of carbonyl (C=O) groups is 1. The Bertz CT molecular complexity index is 580. The predicted octanol–water partition coefficient (Wildman–Crippen LogP) is 1.70. The summed E-state index contributed by atoms with van der Waals surface area (Å²) in [5.41, 5.74) is 2.28. The molecule has 6 heteroatoms. The van der Waals surface area contributed by atoms with Crippen molar-refractivity contribution in [1.29, 1.82) is 0 Å². The Morgan fingerprint density at radius 2 is 2.25 bits per heavy atom. The first-order valence-electron chi connectivity index (χ1n) is 6.63. The van der Waals surface area contributed by atoms with E-state index in [-0.39, 0.29) is 5.91 Å². The zero-order valence-corrected chi connectivity index (χ0v) is 11.6. The van der Waals surface area contributed by atoms with E-state index in [4.69, 9.17) is 4.74 Å². The molecular formula is C14H18N4O2. The van der Waals surface area contributed by atoms with E-state index >= 15 is 0 Å². The van der Waals surface area contributed by atoms with Crippen LogP contribution in [0.2, 0.25) is 0 Å². The van der Waals surface area contributed by atoms with Gasteiger partial charge in [0, 0.05) is 24.5 Å². The van der Waals surface area contributed by atoms with E-state index < -0.39 is 0 Å². The molecule has 20 heavy (non-hydrogen) atoms. The van der Waals surface area contributed by atoms with E-state index in [1.807, 2.05) is 26.0 Å². The Labute approximate surface area is 117 Å². The first-order chi connectivity index (χ1) is 9.72. The summed E-state index contributed by atoms with van der Waals surface area (Å²) in [6, 6.07) is 5.41. The van der Waals surface area contributed by atoms with Crippen LogP contribution in [0.5, 0.6) is 5.88 Å². The number of ether oxygens (including phenoxy) is 1. The third kappa shape index (κ3) is 3.57. The molecule has 0 unspecified atom stereocenters. The molecule has 0 aliphatic heterocycles. The fourth-order valence-corrected chi connectivity index (χ4v) is 1.72. The second-order valence-electron chi connectivity index (χ2n) is 4.25. The van der Waals surface area contributed by atoms with Crippen molar-refractivity contribution in [1.82, 2.24) is 20.5 Å². The maximum Gasteiger partial charge on any atom is 0.272 e. The molecule has 2 heterocycles. The van der Waals surface area contributed by atoms with Crippen molar-refractivity contribution >= 4 is 5.91 Å². The van der Waals surface area contributed by atoms with Gasteiger partial charge in [0.05, 0.1) is 6.61 Å². The summed E-state index contributed by atoms with van der Waals surface area (Å²) in [5, 5.41) is 9.61. The lowest BCUT2D eigenvalue weighted by Crippen LogP contribution is -2.23. The van der Waals surface area contributed by atoms with Gasteiger partial charge in [-0.15, -0.1) is 0 Å². The molecule has 0 aliphatic carbocycles. The highest BCUT2D eigenvalue weighted by Crippen LogP contribution is 2.09. The lowest BCUT2D eigenvalue weighted by Gasteiger charge is -2.06. The van der Waals surface area contributed by atoms with Crippen molar-refractivity contribution in [2.45, 2.75) is 26.8 Å². The molecule has 0 spiro atoms. The summed E-state index contributed by atoms with van der Waals surface area (Å²) in [6.45, 7) is 4.88. The molecule has 2 aromatic heterocycles. The summed E-state index contributed by atoms with van der Waals surface area (Å²) in [4.78, 5) is 16.0. The van der Waals surface area contributed by atoms with E-state index in [9.17, 15) is 4.79 Å². The topological polar surface area (TPSA) is 79.9 Å². The number of H-pyrrole nitrogens is 1. The molecule has 0 aromatic carbocycles. The van der Waals surface area contributed by atoms with E-state index in [1.165, 1.54) is 0 Å². The number of hydrogen-bond acceptors (Lipinski definition) is 4. The van der Waals surface area contributed by atoms with E-state index in [0.29, 0.717) is 24.7 Å². The highest BCUT2D eigenvalue weighted by Gasteiger charge is 2.09. The van der Waals surface area contributed by atoms with Gasteiger partial charge >= 0.3 is 0 Å². The average molecular weight is 274 g/mol. The Balaban J connectivity index is 1.94. The quantitative estimate of drug-likeness (QED) is 0.840. The molecule has 2 rings (SSSR count). The molecule has 0 saturated heterocycles. The molecule has 0 fully saturated rings. The number of pyridine rings is 1. The van der Waals surface area contributed by atoms with Crippen LogP contribution in [-0.2, 0) is 13.0 Å². The first-order valence-corrected chi connectivity index (χ1v) is 6.63. The van der Waals surface area contributed by atoms with Gasteiger partial charge in [0.2, 0.25) is 5.88 Å². The fraction of sp³-hybridized carbons (Fsp3) is 0.357. The highest BCUT2D eigenvalue weighted by atomic mass is 16.5. The van der Waals surface area contributed by atoms with Crippen molar-refractivity contribution in [2.75, 3.05) is 6.61 Å². The van der Waals surface area contributed by atoms with Crippen LogP contribution < -0.4 is 10.1 Å². The van der Waals surface area contributed by atoms with Gasteiger partial charge in [-0.05, 0) is 31.0 Å². The molecule has 2 N–H and O–H groups in total. The zero-order chi connectivity index (χ0) is 14.4. The van der Waals surface area contributed by atoms with Gasteiger partial charge in [-0.3, -0.25) is 9.89 Å². The van der Waals surface area contributed by atoms with Crippen LogP contribution in [0.3, 0.4) is 0 Å². The van der Waals surface area contributed by atoms with Crippen LogP contribution in [-0.4, -0.2) is 27.7 Å². The number of rotatable bonds is 6. The van der Waals surface area contributed by atoms with Gasteiger partial charge in [-0.25, -0.2) is 4.98 Å². The van der Waals surface area contributed by atoms with Gasteiger partial charge in [-0.1, -0.05) is 6.92 Å². The third-order valence-electron chi connectivity index (χ3n) is 2.79. The summed E-state index contributed by atoms with van der Waals surface area (Å²) >= 11 is 0. The van der Waals surface area contributed by atoms with Crippen molar-refractivity contribution in [3.63, 3.8) is 0 Å². The molecule has 1 amide bonds. The first kappa shape index (κ1) is 14.0. The summed E-state index contributed by atoms with van der Waals surface area (Å²) < 4.78 is 5.31. The molecule has 106 valence electrons. The number of aryl methyl sites for hydroxylation is 1. The highest BCUT2D eigenvalue weighted by molar-refractivity contribution is 5.92. The molecular weight excluding hydrogens is 256 g/mol. The van der Waals surface area contributed by atoms with Crippen LogP contribution in [0.4, 0.5) is 0 Å². The number of hydrogen-bond donors (Lipinski definition) is 2. The molecule has 0 radical (unpaired) electrons. The number of aromatic amines is 1. The smallest absolute Gasteiger partial charge is 0.272 e. The van der Waals surface area contributed by atoms with Gasteiger partial charge < -0.3 is 10.1 Å². The van der Waals surface area contributed by atoms with Crippen molar-refractivity contribution in [2.24, 2.45) is 0 Å². The molecule has 6 nitrogen and oxygen atoms in total. The Hall–Kier alpha value is -2.37. The fourth-order valence-electron chi connectivity index (χ4n) is 1.72. The molecule has 0 bridgehead atoms. The van der Waals surface area contributed by atoms with Crippen LogP contribution >= 0.6 is 0 Å². The minimum atomic E-state index is -0.198. The van der Waals surface area contributed by atoms with E-state index in [2.05, 4.69) is 20.5 Å². The Morgan fingerprint density at radius 1 is 1.40 bits per heavy atom. The summed E-state index contributed by atoms with van der Waals surface area (Å²) in [6.07, 6.45) is 2.48. The lowest BCUT2D eigenvalue weighted by atomic mass is 10.2. The Morgan fingerprint density at radius 3 is 2.95 bits per heavy atom. The monoisotopic (exact) mass is 274 g/mol. The van der Waals surface area contributed by atoms with Crippen LogP contribution in [0.15, 0.2) is 24.4 Å². The van der Waals surface area contributed by atoms with Gasteiger partial charge in [0.25, 0.3) is 5.91 Å². The number of carbonyl (C=O) groups excluding carboxylic acids is 1. The van der Waals surface area contributed by atoms with Crippen molar-refractivity contribution < 1.29 is 9.53 Å². The van der Waals surface area contributed by atoms with E-state index in [0.717, 1.165) is 17.7 Å². The van der Waals surface area contributed by atoms with Gasteiger partial charge in [0.1, 0.15) is 5.69 Å². The van der Waals surface area contributed by atoms with Crippen molar-refractivity contribution in [3.05, 3.63) is 41.3 Å². The standard InChI is InChI=1S/C14H18N4O2/c1-3-11-8-12(18-17-11)14(19)16-9-10-5-6-15-13(7-10)20-4-2/h5-8H,3-4,9H2,1-2H3,(H,16,19)(H,17,18). The van der Waals surface area contributed by atoms with Gasteiger partial charge in [-0.2, -0.15) is 5.10 Å². The zero-order valence-electron chi connectivity index (χ0n) is 11.6. The molecule has 2 aromatic rings. The lowest BCUT2D eigenvalue weighted by molar-refractivity contribution is 0.0946. The van der Waals surface area contributed by atoms with E-state index in [1.54, 1.807) is 12.3 Å². The maximum atomic E-state index is 11.9. The molecule has 0 atom stereocenters. The van der Waals surface area contributed by atoms with Crippen LogP contribution in [0, 0.1) is 0 Å².